The summed E-state index contributed by atoms with van der Waals surface area (Å²) in [4.78, 5) is 4.22. The maximum absolute atomic E-state index is 9.68. The van der Waals surface area contributed by atoms with Gasteiger partial charge in [-0.1, -0.05) is 12.1 Å². The molecule has 1 N–H and O–H groups in total. The number of benzene rings is 1. The maximum atomic E-state index is 9.68. The van der Waals surface area contributed by atoms with Gasteiger partial charge < -0.3 is 5.11 Å². The first-order chi connectivity index (χ1) is 8.16. The van der Waals surface area contributed by atoms with Crippen molar-refractivity contribution in [3.63, 3.8) is 0 Å². The van der Waals surface area contributed by atoms with Crippen LogP contribution in [-0.4, -0.2) is 10.1 Å². The van der Waals surface area contributed by atoms with Crippen molar-refractivity contribution in [2.24, 2.45) is 0 Å². The molecular formula is C15H15NO. The summed E-state index contributed by atoms with van der Waals surface area (Å²) in [5, 5.41) is 9.68. The van der Waals surface area contributed by atoms with Crippen LogP contribution in [0.5, 0.6) is 5.75 Å². The van der Waals surface area contributed by atoms with Crippen molar-refractivity contribution in [1.82, 2.24) is 4.98 Å². The SMILES string of the molecule is Cc1cc(C=Cc2ccccn2)cc(C)c1O. The number of hydrogen-bond acceptors (Lipinski definition) is 2. The molecule has 0 amide bonds. The van der Waals surface area contributed by atoms with Gasteiger partial charge in [-0.2, -0.15) is 0 Å². The zero-order valence-corrected chi connectivity index (χ0v) is 10.0. The van der Waals surface area contributed by atoms with E-state index in [9.17, 15) is 5.11 Å². The first-order valence-corrected chi connectivity index (χ1v) is 5.56. The van der Waals surface area contributed by atoms with E-state index in [0.717, 1.165) is 22.4 Å². The van der Waals surface area contributed by atoms with Crippen LogP contribution in [0.2, 0.25) is 0 Å². The van der Waals surface area contributed by atoms with Crippen molar-refractivity contribution >= 4 is 12.2 Å². The van der Waals surface area contributed by atoms with E-state index in [1.54, 1.807) is 6.20 Å². The quantitative estimate of drug-likeness (QED) is 0.847. The van der Waals surface area contributed by atoms with Crippen molar-refractivity contribution in [2.75, 3.05) is 0 Å². The van der Waals surface area contributed by atoms with Crippen LogP contribution in [0.15, 0.2) is 36.5 Å². The zero-order valence-electron chi connectivity index (χ0n) is 10.0. The summed E-state index contributed by atoms with van der Waals surface area (Å²) in [6.45, 7) is 3.81. The van der Waals surface area contributed by atoms with Crippen LogP contribution in [0.4, 0.5) is 0 Å². The molecule has 1 heterocycles. The largest absolute Gasteiger partial charge is 0.507 e. The highest BCUT2D eigenvalue weighted by Gasteiger charge is 2.01. The third-order valence-electron chi connectivity index (χ3n) is 2.65. The Bertz CT molecular complexity index is 521. The summed E-state index contributed by atoms with van der Waals surface area (Å²) in [5.74, 6) is 0.375. The van der Waals surface area contributed by atoms with Gasteiger partial charge in [-0.05, 0) is 60.9 Å². The van der Waals surface area contributed by atoms with Crippen molar-refractivity contribution in [3.05, 3.63) is 58.9 Å². The van der Waals surface area contributed by atoms with Gasteiger partial charge in [0.2, 0.25) is 0 Å². The average Bonchev–Trinajstić information content (AvgIpc) is 2.34. The maximum Gasteiger partial charge on any atom is 0.121 e. The molecule has 2 heteroatoms. The molecule has 2 aromatic rings. The van der Waals surface area contributed by atoms with Crippen LogP contribution in [0.1, 0.15) is 22.4 Å². The molecule has 0 fully saturated rings. The Kier molecular flexibility index (Phi) is 3.24. The second kappa shape index (κ2) is 4.83. The summed E-state index contributed by atoms with van der Waals surface area (Å²) in [6, 6.07) is 9.73. The lowest BCUT2D eigenvalue weighted by atomic mass is 10.1. The Balaban J connectivity index is 2.28. The number of nitrogens with zero attached hydrogens (tertiary/aromatic N) is 1. The van der Waals surface area contributed by atoms with E-state index in [1.165, 1.54) is 0 Å². The molecule has 0 atom stereocenters. The van der Waals surface area contributed by atoms with E-state index in [0.29, 0.717) is 5.75 Å². The Morgan fingerprint density at radius 3 is 2.35 bits per heavy atom. The fourth-order valence-corrected chi connectivity index (χ4v) is 1.74. The summed E-state index contributed by atoms with van der Waals surface area (Å²) in [6.07, 6.45) is 5.74. The Hall–Kier alpha value is -2.09. The van der Waals surface area contributed by atoms with Crippen LogP contribution in [-0.2, 0) is 0 Å². The van der Waals surface area contributed by atoms with Gasteiger partial charge in [-0.3, -0.25) is 4.98 Å². The standard InChI is InChI=1S/C15H15NO/c1-11-9-13(10-12(2)15(11)17)6-7-14-5-3-4-8-16-14/h3-10,17H,1-2H3. The minimum atomic E-state index is 0.375. The van der Waals surface area contributed by atoms with Gasteiger partial charge in [0.1, 0.15) is 5.75 Å². The van der Waals surface area contributed by atoms with Gasteiger partial charge in [-0.25, -0.2) is 0 Å². The van der Waals surface area contributed by atoms with E-state index in [4.69, 9.17) is 0 Å². The van der Waals surface area contributed by atoms with E-state index in [1.807, 2.05) is 56.3 Å². The minimum absolute atomic E-state index is 0.375. The predicted molar refractivity (Wildman–Crippen MR) is 70.7 cm³/mol. The van der Waals surface area contributed by atoms with Crippen molar-refractivity contribution < 1.29 is 5.11 Å². The normalized spacial score (nSPS) is 10.9. The number of aromatic nitrogens is 1. The average molecular weight is 225 g/mol. The van der Waals surface area contributed by atoms with Gasteiger partial charge in [0, 0.05) is 6.20 Å². The highest BCUT2D eigenvalue weighted by molar-refractivity contribution is 5.69. The molecule has 0 aliphatic carbocycles. The van der Waals surface area contributed by atoms with Crippen LogP contribution >= 0.6 is 0 Å². The number of phenols is 1. The minimum Gasteiger partial charge on any atom is -0.507 e. The number of phenolic OH excluding ortho intramolecular Hbond substituents is 1. The molecular weight excluding hydrogens is 210 g/mol. The highest BCUT2D eigenvalue weighted by Crippen LogP contribution is 2.23. The molecule has 17 heavy (non-hydrogen) atoms. The molecule has 0 radical (unpaired) electrons. The van der Waals surface area contributed by atoms with Crippen molar-refractivity contribution in [2.45, 2.75) is 13.8 Å². The van der Waals surface area contributed by atoms with E-state index in [2.05, 4.69) is 4.98 Å². The Morgan fingerprint density at radius 2 is 1.76 bits per heavy atom. The molecule has 0 aliphatic rings. The lowest BCUT2D eigenvalue weighted by Crippen LogP contribution is -1.83. The summed E-state index contributed by atoms with van der Waals surface area (Å²) < 4.78 is 0. The van der Waals surface area contributed by atoms with Crippen molar-refractivity contribution in [3.8, 4) is 5.75 Å². The molecule has 2 rings (SSSR count). The number of hydrogen-bond donors (Lipinski definition) is 1. The highest BCUT2D eigenvalue weighted by atomic mass is 16.3. The molecule has 1 aromatic carbocycles. The molecule has 1 aromatic heterocycles. The van der Waals surface area contributed by atoms with Gasteiger partial charge >= 0.3 is 0 Å². The monoisotopic (exact) mass is 225 g/mol. The first kappa shape index (κ1) is 11.4. The Labute approximate surface area is 101 Å². The van der Waals surface area contributed by atoms with Crippen LogP contribution in [0.25, 0.3) is 12.2 Å². The smallest absolute Gasteiger partial charge is 0.121 e. The van der Waals surface area contributed by atoms with Gasteiger partial charge in [0.05, 0.1) is 5.69 Å². The Morgan fingerprint density at radius 1 is 1.06 bits per heavy atom. The van der Waals surface area contributed by atoms with Crippen LogP contribution in [0.3, 0.4) is 0 Å². The summed E-state index contributed by atoms with van der Waals surface area (Å²) >= 11 is 0. The molecule has 2 nitrogen and oxygen atoms in total. The summed E-state index contributed by atoms with van der Waals surface area (Å²) in [7, 11) is 0. The number of aromatic hydroxyl groups is 1. The van der Waals surface area contributed by atoms with Crippen LogP contribution < -0.4 is 0 Å². The predicted octanol–water partition coefficient (Wildman–Crippen LogP) is 3.57. The number of pyridine rings is 1. The molecule has 86 valence electrons. The van der Waals surface area contributed by atoms with E-state index >= 15 is 0 Å². The van der Waals surface area contributed by atoms with Gasteiger partial charge in [-0.15, -0.1) is 0 Å². The number of rotatable bonds is 2. The van der Waals surface area contributed by atoms with E-state index < -0.39 is 0 Å². The van der Waals surface area contributed by atoms with Gasteiger partial charge in [0.15, 0.2) is 0 Å². The fourth-order valence-electron chi connectivity index (χ4n) is 1.74. The lowest BCUT2D eigenvalue weighted by molar-refractivity contribution is 0.467. The molecule has 0 bridgehead atoms. The second-order valence-electron chi connectivity index (χ2n) is 4.09. The van der Waals surface area contributed by atoms with Crippen LogP contribution in [0, 0.1) is 13.8 Å². The molecule has 0 aliphatic heterocycles. The summed E-state index contributed by atoms with van der Waals surface area (Å²) in [5.41, 5.74) is 3.79. The van der Waals surface area contributed by atoms with E-state index in [-0.39, 0.29) is 0 Å². The fraction of sp³-hybridized carbons (Fsp3) is 0.133. The third kappa shape index (κ3) is 2.72. The first-order valence-electron chi connectivity index (χ1n) is 5.56. The lowest BCUT2D eigenvalue weighted by Gasteiger charge is -2.04. The number of aryl methyl sites for hydroxylation is 2. The zero-order chi connectivity index (χ0) is 12.3. The molecule has 0 saturated heterocycles. The molecule has 0 spiro atoms. The topological polar surface area (TPSA) is 33.1 Å². The molecule has 0 unspecified atom stereocenters. The second-order valence-corrected chi connectivity index (χ2v) is 4.09. The molecule has 0 saturated carbocycles. The third-order valence-corrected chi connectivity index (χ3v) is 2.65. The van der Waals surface area contributed by atoms with Gasteiger partial charge in [0.25, 0.3) is 0 Å². The van der Waals surface area contributed by atoms with Crippen molar-refractivity contribution in [1.29, 1.82) is 0 Å².